The summed E-state index contributed by atoms with van der Waals surface area (Å²) in [6.45, 7) is 1.29. The highest BCUT2D eigenvalue weighted by molar-refractivity contribution is 6.34. The third kappa shape index (κ3) is 3.69. The molecule has 0 aliphatic carbocycles. The number of hydrogen-bond acceptors (Lipinski definition) is 3. The molecule has 1 atom stereocenters. The Morgan fingerprint density at radius 2 is 2.04 bits per heavy atom. The van der Waals surface area contributed by atoms with E-state index in [1.165, 1.54) is 12.1 Å². The molecule has 0 saturated carbocycles. The highest BCUT2D eigenvalue weighted by Crippen LogP contribution is 2.31. The summed E-state index contributed by atoms with van der Waals surface area (Å²) in [6, 6.07) is 8.79. The highest BCUT2D eigenvalue weighted by Gasteiger charge is 2.31. The fourth-order valence-electron chi connectivity index (χ4n) is 3.80. The fraction of sp³-hybridized carbons (Fsp3) is 0.333. The molecular weight excluding hydrogens is 383 g/mol. The summed E-state index contributed by atoms with van der Waals surface area (Å²) in [4.78, 5) is 27.5. The Bertz CT molecular complexity index is 934. The lowest BCUT2D eigenvalue weighted by molar-refractivity contribution is 0.0548. The average Bonchev–Trinajstić information content (AvgIpc) is 2.67. The minimum absolute atomic E-state index is 0.0271. The van der Waals surface area contributed by atoms with Crippen LogP contribution in [-0.2, 0) is 0 Å². The number of amides is 2. The summed E-state index contributed by atoms with van der Waals surface area (Å²) in [5.41, 5.74) is 1.05. The zero-order chi connectivity index (χ0) is 19.7. The lowest BCUT2D eigenvalue weighted by Gasteiger charge is -2.37. The molecule has 0 aromatic heterocycles. The first-order valence-corrected chi connectivity index (χ1v) is 9.75. The second-order valence-electron chi connectivity index (χ2n) is 7.07. The van der Waals surface area contributed by atoms with Crippen molar-refractivity contribution in [2.24, 2.45) is 0 Å². The average molecular weight is 403 g/mol. The number of benzene rings is 2. The lowest BCUT2D eigenvalue weighted by Crippen LogP contribution is -2.45. The summed E-state index contributed by atoms with van der Waals surface area (Å²) >= 11 is 5.96. The summed E-state index contributed by atoms with van der Waals surface area (Å²) in [5.74, 6) is -0.538. The number of nitrogens with one attached hydrogen (secondary N) is 1. The molecule has 2 aliphatic rings. The molecule has 2 aromatic rings. The maximum atomic E-state index is 13.2. The molecule has 5 nitrogen and oxygen atoms in total. The van der Waals surface area contributed by atoms with Crippen molar-refractivity contribution < 1.29 is 18.7 Å². The Morgan fingerprint density at radius 3 is 2.86 bits per heavy atom. The quantitative estimate of drug-likeness (QED) is 0.804. The molecule has 1 saturated heterocycles. The van der Waals surface area contributed by atoms with E-state index in [4.69, 9.17) is 16.3 Å². The van der Waals surface area contributed by atoms with Crippen LogP contribution in [0.2, 0.25) is 5.02 Å². The number of nitrogens with zero attached hydrogens (tertiary/aromatic N) is 1. The van der Waals surface area contributed by atoms with Gasteiger partial charge in [-0.25, -0.2) is 4.39 Å². The Labute approximate surface area is 167 Å². The maximum Gasteiger partial charge on any atom is 0.257 e. The number of carbonyl (C=O) groups is 2. The number of hydrogen-bond donors (Lipinski definition) is 1. The Kier molecular flexibility index (Phi) is 5.22. The van der Waals surface area contributed by atoms with E-state index in [0.717, 1.165) is 38.3 Å². The van der Waals surface area contributed by atoms with Crippen molar-refractivity contribution in [1.82, 2.24) is 4.90 Å². The van der Waals surface area contributed by atoms with E-state index in [1.807, 2.05) is 4.90 Å². The number of ether oxygens (including phenoxy) is 1. The Morgan fingerprint density at radius 1 is 1.18 bits per heavy atom. The largest absolute Gasteiger partial charge is 0.493 e. The summed E-state index contributed by atoms with van der Waals surface area (Å²) < 4.78 is 19.0. The molecule has 0 bridgehead atoms. The van der Waals surface area contributed by atoms with Crippen LogP contribution >= 0.6 is 11.6 Å². The first kappa shape index (κ1) is 18.7. The van der Waals surface area contributed by atoms with Gasteiger partial charge in [0.05, 0.1) is 22.8 Å². The van der Waals surface area contributed by atoms with Gasteiger partial charge < -0.3 is 15.0 Å². The van der Waals surface area contributed by atoms with Gasteiger partial charge in [0.1, 0.15) is 11.6 Å². The summed E-state index contributed by atoms with van der Waals surface area (Å²) in [6.07, 6.45) is 3.93. The van der Waals surface area contributed by atoms with Crippen molar-refractivity contribution in [3.63, 3.8) is 0 Å². The molecule has 0 spiro atoms. The van der Waals surface area contributed by atoms with Gasteiger partial charge >= 0.3 is 0 Å². The van der Waals surface area contributed by atoms with E-state index in [2.05, 4.69) is 5.32 Å². The summed E-state index contributed by atoms with van der Waals surface area (Å²) in [7, 11) is 0. The van der Waals surface area contributed by atoms with Gasteiger partial charge in [0.2, 0.25) is 0 Å². The zero-order valence-electron chi connectivity index (χ0n) is 15.2. The SMILES string of the molecule is O=C(Nc1ccc2c(c1)C(=O)N1CCCC[C@@H]1CCO2)c1ccc(F)cc1Cl. The van der Waals surface area contributed by atoms with Gasteiger partial charge in [-0.3, -0.25) is 9.59 Å². The predicted molar refractivity (Wildman–Crippen MR) is 105 cm³/mol. The molecule has 1 fully saturated rings. The van der Waals surface area contributed by atoms with Crippen LogP contribution in [0.5, 0.6) is 5.75 Å². The van der Waals surface area contributed by atoms with Crippen molar-refractivity contribution in [3.8, 4) is 5.75 Å². The molecule has 2 aliphatic heterocycles. The van der Waals surface area contributed by atoms with Gasteiger partial charge in [-0.2, -0.15) is 0 Å². The van der Waals surface area contributed by atoms with Gasteiger partial charge in [-0.05, 0) is 55.7 Å². The molecule has 2 aromatic carbocycles. The van der Waals surface area contributed by atoms with Crippen LogP contribution in [0.15, 0.2) is 36.4 Å². The van der Waals surface area contributed by atoms with Crippen LogP contribution < -0.4 is 10.1 Å². The zero-order valence-corrected chi connectivity index (χ0v) is 16.0. The van der Waals surface area contributed by atoms with Crippen LogP contribution in [0.3, 0.4) is 0 Å². The van der Waals surface area contributed by atoms with Gasteiger partial charge in [0, 0.05) is 24.7 Å². The third-order valence-electron chi connectivity index (χ3n) is 5.24. The molecule has 7 heteroatoms. The van der Waals surface area contributed by atoms with Crippen LogP contribution in [0.4, 0.5) is 10.1 Å². The molecule has 0 unspecified atom stereocenters. The number of halogens is 2. The molecule has 146 valence electrons. The normalized spacial score (nSPS) is 19.0. The van der Waals surface area contributed by atoms with Crippen molar-refractivity contribution >= 4 is 29.1 Å². The number of carbonyl (C=O) groups excluding carboxylic acids is 2. The molecule has 28 heavy (non-hydrogen) atoms. The predicted octanol–water partition coefficient (Wildman–Crippen LogP) is 4.51. The van der Waals surface area contributed by atoms with Gasteiger partial charge in [0.15, 0.2) is 0 Å². The minimum Gasteiger partial charge on any atom is -0.493 e. The van der Waals surface area contributed by atoms with E-state index in [9.17, 15) is 14.0 Å². The summed E-state index contributed by atoms with van der Waals surface area (Å²) in [5, 5.41) is 2.75. The second kappa shape index (κ2) is 7.80. The van der Waals surface area contributed by atoms with Gasteiger partial charge in [-0.1, -0.05) is 11.6 Å². The van der Waals surface area contributed by atoms with Gasteiger partial charge in [0.25, 0.3) is 11.8 Å². The smallest absolute Gasteiger partial charge is 0.257 e. The molecule has 2 amide bonds. The number of anilines is 1. The van der Waals surface area contributed by atoms with E-state index in [1.54, 1.807) is 18.2 Å². The third-order valence-corrected chi connectivity index (χ3v) is 5.55. The van der Waals surface area contributed by atoms with Crippen LogP contribution in [-0.4, -0.2) is 35.9 Å². The van der Waals surface area contributed by atoms with Crippen molar-refractivity contribution in [1.29, 1.82) is 0 Å². The van der Waals surface area contributed by atoms with Crippen LogP contribution in [0, 0.1) is 5.82 Å². The molecular formula is C21H20ClFN2O3. The van der Waals surface area contributed by atoms with Crippen LogP contribution in [0.25, 0.3) is 0 Å². The number of rotatable bonds is 2. The van der Waals surface area contributed by atoms with Gasteiger partial charge in [-0.15, -0.1) is 0 Å². The van der Waals surface area contributed by atoms with E-state index >= 15 is 0 Å². The molecule has 4 rings (SSSR count). The number of piperidine rings is 1. The van der Waals surface area contributed by atoms with E-state index in [0.29, 0.717) is 23.6 Å². The second-order valence-corrected chi connectivity index (χ2v) is 7.48. The molecule has 2 heterocycles. The van der Waals surface area contributed by atoms with Crippen molar-refractivity contribution in [2.75, 3.05) is 18.5 Å². The van der Waals surface area contributed by atoms with E-state index < -0.39 is 11.7 Å². The molecule has 1 N–H and O–H groups in total. The van der Waals surface area contributed by atoms with Crippen molar-refractivity contribution in [3.05, 3.63) is 58.4 Å². The Hall–Kier alpha value is -2.60. The fourth-order valence-corrected chi connectivity index (χ4v) is 4.05. The first-order chi connectivity index (χ1) is 13.5. The standard InChI is InChI=1S/C21H20ClFN2O3/c22-18-11-13(23)4-6-16(18)20(26)24-14-5-7-19-17(12-14)21(27)25-9-2-1-3-15(25)8-10-28-19/h4-7,11-12,15H,1-3,8-10H2,(H,24,26)/t15-/m1/s1. The lowest BCUT2D eigenvalue weighted by atomic mass is 9.97. The van der Waals surface area contributed by atoms with Crippen LogP contribution in [0.1, 0.15) is 46.4 Å². The Balaban J connectivity index is 1.60. The topological polar surface area (TPSA) is 58.6 Å². The molecule has 0 radical (unpaired) electrons. The highest BCUT2D eigenvalue weighted by atomic mass is 35.5. The number of fused-ring (bicyclic) bond motifs is 2. The maximum absolute atomic E-state index is 13.2. The first-order valence-electron chi connectivity index (χ1n) is 9.37. The van der Waals surface area contributed by atoms with E-state index in [-0.39, 0.29) is 22.5 Å². The monoisotopic (exact) mass is 402 g/mol. The minimum atomic E-state index is -0.513. The van der Waals surface area contributed by atoms with Crippen molar-refractivity contribution in [2.45, 2.75) is 31.7 Å².